The molecular formula is C8H15NO. The predicted molar refractivity (Wildman–Crippen MR) is 40.0 cm³/mol. The molecule has 0 bridgehead atoms. The second kappa shape index (κ2) is 2.21. The van der Waals surface area contributed by atoms with Crippen molar-refractivity contribution >= 4 is 0 Å². The highest BCUT2D eigenvalue weighted by atomic mass is 16.5. The number of hydrogen-bond donors (Lipinski definition) is 1. The van der Waals surface area contributed by atoms with Crippen molar-refractivity contribution in [1.29, 1.82) is 0 Å². The van der Waals surface area contributed by atoms with Crippen LogP contribution < -0.4 is 5.32 Å². The lowest BCUT2D eigenvalue weighted by Gasteiger charge is -2.34. The van der Waals surface area contributed by atoms with Crippen molar-refractivity contribution in [2.75, 3.05) is 19.8 Å². The van der Waals surface area contributed by atoms with E-state index in [1.807, 2.05) is 0 Å². The molecule has 2 fully saturated rings. The molecule has 10 heavy (non-hydrogen) atoms. The second-order valence-electron chi connectivity index (χ2n) is 3.67. The van der Waals surface area contributed by atoms with E-state index in [4.69, 9.17) is 4.74 Å². The summed E-state index contributed by atoms with van der Waals surface area (Å²) in [5.41, 5.74) is 0.318. The van der Waals surface area contributed by atoms with Gasteiger partial charge in [0.1, 0.15) is 0 Å². The van der Waals surface area contributed by atoms with E-state index in [1.54, 1.807) is 0 Å². The van der Waals surface area contributed by atoms with Crippen molar-refractivity contribution in [3.63, 3.8) is 0 Å². The van der Waals surface area contributed by atoms with Gasteiger partial charge in [-0.25, -0.2) is 0 Å². The van der Waals surface area contributed by atoms with Gasteiger partial charge in [0.15, 0.2) is 0 Å². The van der Waals surface area contributed by atoms with Crippen LogP contribution >= 0.6 is 0 Å². The molecule has 1 saturated carbocycles. The molecule has 0 aromatic heterocycles. The molecule has 0 spiro atoms. The molecule has 58 valence electrons. The zero-order chi connectivity index (χ0) is 7.03. The molecule has 2 heteroatoms. The number of ether oxygens (including phenoxy) is 1. The maximum atomic E-state index is 5.42. The maximum Gasteiger partial charge on any atom is 0.0648 e. The third kappa shape index (κ3) is 1.06. The topological polar surface area (TPSA) is 21.3 Å². The fourth-order valence-electron chi connectivity index (χ4n) is 1.73. The fraction of sp³-hybridized carbons (Fsp3) is 1.00. The van der Waals surface area contributed by atoms with E-state index in [0.29, 0.717) is 5.54 Å². The summed E-state index contributed by atoms with van der Waals surface area (Å²) in [5, 5.41) is 3.53. The molecule has 2 nitrogen and oxygen atoms in total. The third-order valence-corrected chi connectivity index (χ3v) is 2.66. The standard InChI is InChI=1S/C8H15NO/c1-8(7-2-3-7)6-10-5-4-9-8/h7,9H,2-6H2,1H3. The van der Waals surface area contributed by atoms with Crippen molar-refractivity contribution in [2.24, 2.45) is 5.92 Å². The maximum absolute atomic E-state index is 5.42. The van der Waals surface area contributed by atoms with Crippen molar-refractivity contribution in [2.45, 2.75) is 25.3 Å². The van der Waals surface area contributed by atoms with Gasteiger partial charge in [-0.05, 0) is 25.7 Å². The molecule has 1 heterocycles. The van der Waals surface area contributed by atoms with Gasteiger partial charge in [-0.3, -0.25) is 0 Å². The lowest BCUT2D eigenvalue weighted by molar-refractivity contribution is 0.0254. The normalized spacial score (nSPS) is 41.7. The van der Waals surface area contributed by atoms with Crippen LogP contribution in [-0.4, -0.2) is 25.3 Å². The second-order valence-corrected chi connectivity index (χ2v) is 3.67. The molecule has 2 rings (SSSR count). The van der Waals surface area contributed by atoms with Crippen molar-refractivity contribution in [1.82, 2.24) is 5.32 Å². The van der Waals surface area contributed by atoms with Crippen LogP contribution in [0.25, 0.3) is 0 Å². The quantitative estimate of drug-likeness (QED) is 0.582. The van der Waals surface area contributed by atoms with Gasteiger partial charge in [0, 0.05) is 12.1 Å². The van der Waals surface area contributed by atoms with Gasteiger partial charge in [0.2, 0.25) is 0 Å². The van der Waals surface area contributed by atoms with E-state index in [1.165, 1.54) is 12.8 Å². The fourth-order valence-corrected chi connectivity index (χ4v) is 1.73. The van der Waals surface area contributed by atoms with Crippen molar-refractivity contribution < 1.29 is 4.74 Å². The average molecular weight is 141 g/mol. The zero-order valence-electron chi connectivity index (χ0n) is 6.52. The van der Waals surface area contributed by atoms with Crippen LogP contribution in [0.5, 0.6) is 0 Å². The summed E-state index contributed by atoms with van der Waals surface area (Å²) >= 11 is 0. The van der Waals surface area contributed by atoms with E-state index in [9.17, 15) is 0 Å². The summed E-state index contributed by atoms with van der Waals surface area (Å²) in [6, 6.07) is 0. The minimum absolute atomic E-state index is 0.318. The highest BCUT2D eigenvalue weighted by molar-refractivity contribution is 4.98. The Morgan fingerprint density at radius 3 is 2.80 bits per heavy atom. The SMILES string of the molecule is CC1(C2CC2)COCCN1. The van der Waals surface area contributed by atoms with Gasteiger partial charge in [-0.2, -0.15) is 0 Å². The molecule has 1 atom stereocenters. The minimum Gasteiger partial charge on any atom is -0.378 e. The Hall–Kier alpha value is -0.0800. The Balaban J connectivity index is 1.97. The van der Waals surface area contributed by atoms with Crippen molar-refractivity contribution in [3.05, 3.63) is 0 Å². The van der Waals surface area contributed by atoms with E-state index < -0.39 is 0 Å². The Morgan fingerprint density at radius 2 is 2.30 bits per heavy atom. The average Bonchev–Trinajstić information content (AvgIpc) is 2.69. The smallest absolute Gasteiger partial charge is 0.0648 e. The number of hydrogen-bond acceptors (Lipinski definition) is 2. The molecule has 0 radical (unpaired) electrons. The van der Waals surface area contributed by atoms with E-state index >= 15 is 0 Å². The van der Waals surface area contributed by atoms with E-state index in [0.717, 1.165) is 25.7 Å². The molecule has 1 unspecified atom stereocenters. The van der Waals surface area contributed by atoms with Gasteiger partial charge in [-0.15, -0.1) is 0 Å². The third-order valence-electron chi connectivity index (χ3n) is 2.66. The van der Waals surface area contributed by atoms with E-state index in [2.05, 4.69) is 12.2 Å². The van der Waals surface area contributed by atoms with Crippen LogP contribution in [-0.2, 0) is 4.74 Å². The first-order valence-electron chi connectivity index (χ1n) is 4.14. The molecule has 1 aliphatic carbocycles. The first-order chi connectivity index (χ1) is 4.81. The van der Waals surface area contributed by atoms with Crippen LogP contribution in [0.15, 0.2) is 0 Å². The number of morpholine rings is 1. The highest BCUT2D eigenvalue weighted by Gasteiger charge is 2.42. The summed E-state index contributed by atoms with van der Waals surface area (Å²) < 4.78 is 5.42. The summed E-state index contributed by atoms with van der Waals surface area (Å²) in [6.45, 7) is 5.12. The lowest BCUT2D eigenvalue weighted by atomic mass is 9.96. The molecule has 0 aromatic rings. The molecule has 0 amide bonds. The zero-order valence-corrected chi connectivity index (χ0v) is 6.52. The first kappa shape index (κ1) is 6.62. The molecule has 1 N–H and O–H groups in total. The first-order valence-corrected chi connectivity index (χ1v) is 4.14. The molecule has 2 aliphatic rings. The molecule has 1 saturated heterocycles. The summed E-state index contributed by atoms with van der Waals surface area (Å²) in [7, 11) is 0. The van der Waals surface area contributed by atoms with Gasteiger partial charge < -0.3 is 10.1 Å². The summed E-state index contributed by atoms with van der Waals surface area (Å²) in [5.74, 6) is 0.896. The van der Waals surface area contributed by atoms with Gasteiger partial charge in [-0.1, -0.05) is 0 Å². The summed E-state index contributed by atoms with van der Waals surface area (Å²) in [4.78, 5) is 0. The minimum atomic E-state index is 0.318. The Labute approximate surface area is 61.9 Å². The van der Waals surface area contributed by atoms with Gasteiger partial charge in [0.25, 0.3) is 0 Å². The van der Waals surface area contributed by atoms with Crippen LogP contribution in [0.4, 0.5) is 0 Å². The van der Waals surface area contributed by atoms with Crippen LogP contribution in [0.2, 0.25) is 0 Å². The van der Waals surface area contributed by atoms with Crippen LogP contribution in [0.3, 0.4) is 0 Å². The van der Waals surface area contributed by atoms with Gasteiger partial charge in [0.05, 0.1) is 13.2 Å². The summed E-state index contributed by atoms with van der Waals surface area (Å²) in [6.07, 6.45) is 2.79. The van der Waals surface area contributed by atoms with Crippen LogP contribution in [0.1, 0.15) is 19.8 Å². The largest absolute Gasteiger partial charge is 0.378 e. The van der Waals surface area contributed by atoms with Crippen LogP contribution in [0, 0.1) is 5.92 Å². The lowest BCUT2D eigenvalue weighted by Crippen LogP contribution is -2.53. The monoisotopic (exact) mass is 141 g/mol. The van der Waals surface area contributed by atoms with Crippen molar-refractivity contribution in [3.8, 4) is 0 Å². The number of nitrogens with one attached hydrogen (secondary N) is 1. The number of rotatable bonds is 1. The molecule has 1 aliphatic heterocycles. The highest BCUT2D eigenvalue weighted by Crippen LogP contribution is 2.40. The molecular weight excluding hydrogens is 126 g/mol. The van der Waals surface area contributed by atoms with E-state index in [-0.39, 0.29) is 0 Å². The van der Waals surface area contributed by atoms with Gasteiger partial charge >= 0.3 is 0 Å². The molecule has 0 aromatic carbocycles. The Bertz CT molecular complexity index is 125. The Kier molecular flexibility index (Phi) is 1.46. The Morgan fingerprint density at radius 1 is 1.50 bits per heavy atom. The predicted octanol–water partition coefficient (Wildman–Crippen LogP) is 0.775.